The third kappa shape index (κ3) is 4.94. The van der Waals surface area contributed by atoms with E-state index in [-0.39, 0.29) is 42.3 Å². The summed E-state index contributed by atoms with van der Waals surface area (Å²) in [5, 5.41) is 6.27. The highest BCUT2D eigenvalue weighted by Gasteiger charge is 2.27. The maximum Gasteiger partial charge on any atom is 0.263 e. The van der Waals surface area contributed by atoms with Gasteiger partial charge in [-0.2, -0.15) is 0 Å². The van der Waals surface area contributed by atoms with Gasteiger partial charge in [0, 0.05) is 50.0 Å². The summed E-state index contributed by atoms with van der Waals surface area (Å²) in [4.78, 5) is 34.6. The Kier molecular flexibility index (Phi) is 8.51. The van der Waals surface area contributed by atoms with E-state index in [1.54, 1.807) is 27.0 Å². The van der Waals surface area contributed by atoms with Gasteiger partial charge in [0.1, 0.15) is 5.56 Å². The van der Waals surface area contributed by atoms with Crippen LogP contribution in [0.4, 0.5) is 5.13 Å². The number of aryl methyl sites for hydroxylation is 1. The van der Waals surface area contributed by atoms with Gasteiger partial charge in [0.15, 0.2) is 5.13 Å². The molecule has 2 fully saturated rings. The Hall–Kier alpha value is -1.61. The maximum absolute atomic E-state index is 13.1. The molecule has 7 nitrogen and oxygen atoms in total. The molecule has 10 heteroatoms. The van der Waals surface area contributed by atoms with Gasteiger partial charge in [-0.1, -0.05) is 0 Å². The molecule has 4 rings (SSSR count). The van der Waals surface area contributed by atoms with Crippen LogP contribution in [-0.4, -0.2) is 59.6 Å². The predicted octanol–water partition coefficient (Wildman–Crippen LogP) is 2.34. The van der Waals surface area contributed by atoms with Crippen molar-refractivity contribution >= 4 is 47.2 Å². The highest BCUT2D eigenvalue weighted by Crippen LogP contribution is 2.21. The van der Waals surface area contributed by atoms with Crippen LogP contribution >= 0.6 is 36.2 Å². The molecule has 1 amide bonds. The average molecular weight is 460 g/mol. The Morgan fingerprint density at radius 1 is 1.17 bits per heavy atom. The lowest BCUT2D eigenvalue weighted by molar-refractivity contribution is 0.0743. The number of carbonyl (C=O) groups excluding carboxylic acids is 1. The highest BCUT2D eigenvalue weighted by atomic mass is 35.5. The quantitative estimate of drug-likeness (QED) is 0.762. The van der Waals surface area contributed by atoms with Crippen LogP contribution in [0, 0.1) is 6.92 Å². The number of thiazole rings is 1. The zero-order valence-corrected chi connectivity index (χ0v) is 18.8. The van der Waals surface area contributed by atoms with Crippen LogP contribution in [0.2, 0.25) is 0 Å². The molecule has 160 valence electrons. The second-order valence-corrected chi connectivity index (χ2v) is 8.03. The fraction of sp³-hybridized carbons (Fsp3) is 0.526. The molecule has 0 saturated carbocycles. The first-order chi connectivity index (χ1) is 13.1. The lowest BCUT2D eigenvalue weighted by Gasteiger charge is -2.35. The zero-order valence-electron chi connectivity index (χ0n) is 16.4. The molecule has 0 bridgehead atoms. The fourth-order valence-corrected chi connectivity index (χ4v) is 4.60. The van der Waals surface area contributed by atoms with Crippen molar-refractivity contribution in [3.8, 4) is 0 Å². The highest BCUT2D eigenvalue weighted by molar-refractivity contribution is 7.13. The van der Waals surface area contributed by atoms with Crippen LogP contribution in [0.1, 0.15) is 34.8 Å². The van der Waals surface area contributed by atoms with Gasteiger partial charge in [0.05, 0.1) is 0 Å². The fourth-order valence-electron chi connectivity index (χ4n) is 3.90. The van der Waals surface area contributed by atoms with Crippen LogP contribution < -0.4 is 15.8 Å². The summed E-state index contributed by atoms with van der Waals surface area (Å²) in [5.74, 6) is -0.139. The molecule has 0 aromatic carbocycles. The van der Waals surface area contributed by atoms with E-state index in [1.165, 1.54) is 0 Å². The van der Waals surface area contributed by atoms with E-state index in [2.05, 4.69) is 15.2 Å². The van der Waals surface area contributed by atoms with Gasteiger partial charge >= 0.3 is 0 Å². The molecule has 2 saturated heterocycles. The van der Waals surface area contributed by atoms with Crippen molar-refractivity contribution in [2.75, 3.05) is 44.2 Å². The molecule has 0 spiro atoms. The molecule has 4 heterocycles. The predicted molar refractivity (Wildman–Crippen MR) is 121 cm³/mol. The van der Waals surface area contributed by atoms with Gasteiger partial charge in [-0.05, 0) is 44.5 Å². The Bertz CT molecular complexity index is 860. The number of amides is 1. The van der Waals surface area contributed by atoms with Gasteiger partial charge in [-0.3, -0.25) is 9.59 Å². The summed E-state index contributed by atoms with van der Waals surface area (Å²) in [6.45, 7) is 6.38. The number of nitrogens with one attached hydrogen (secondary N) is 1. The minimum Gasteiger partial charge on any atom is -0.345 e. The molecule has 0 aliphatic carbocycles. The van der Waals surface area contributed by atoms with Crippen molar-refractivity contribution < 1.29 is 4.79 Å². The summed E-state index contributed by atoms with van der Waals surface area (Å²) in [7, 11) is 0. The Morgan fingerprint density at radius 2 is 1.86 bits per heavy atom. The maximum atomic E-state index is 13.1. The molecule has 2 aliphatic heterocycles. The van der Waals surface area contributed by atoms with E-state index < -0.39 is 0 Å². The van der Waals surface area contributed by atoms with Crippen molar-refractivity contribution in [1.29, 1.82) is 0 Å². The Morgan fingerprint density at radius 3 is 2.48 bits per heavy atom. The first-order valence-electron chi connectivity index (χ1n) is 9.51. The molecule has 0 unspecified atom stereocenters. The lowest BCUT2D eigenvalue weighted by Crippen LogP contribution is -2.50. The SMILES string of the molecule is Cc1ccn(C2CCNCC2)c(=O)c1C(=O)N1CCN(c2nccs2)CC1.Cl.Cl. The van der Waals surface area contributed by atoms with Crippen LogP contribution in [0.5, 0.6) is 0 Å². The van der Waals surface area contributed by atoms with Crippen LogP contribution in [0.3, 0.4) is 0 Å². The lowest BCUT2D eigenvalue weighted by atomic mass is 10.0. The molecule has 29 heavy (non-hydrogen) atoms. The minimum absolute atomic E-state index is 0. The van der Waals surface area contributed by atoms with Gasteiger partial charge in [0.2, 0.25) is 0 Å². The molecular weight excluding hydrogens is 433 g/mol. The number of piperazine rings is 1. The number of aromatic nitrogens is 2. The van der Waals surface area contributed by atoms with E-state index in [0.717, 1.165) is 49.7 Å². The smallest absolute Gasteiger partial charge is 0.263 e. The number of pyridine rings is 1. The Balaban J connectivity index is 0.00000150. The summed E-state index contributed by atoms with van der Waals surface area (Å²) < 4.78 is 1.77. The van der Waals surface area contributed by atoms with Crippen molar-refractivity contribution in [2.45, 2.75) is 25.8 Å². The molecule has 2 aromatic heterocycles. The third-order valence-corrected chi connectivity index (χ3v) is 6.33. The standard InChI is InChI=1S/C19H25N5O2S.2ClH/c1-14-4-8-24(15-2-5-20-6-3-15)18(26)16(14)17(25)22-9-11-23(12-10-22)19-21-7-13-27-19;;/h4,7-8,13,15,20H,2-3,5-6,9-12H2,1H3;2*1H. The van der Waals surface area contributed by atoms with Crippen LogP contribution in [-0.2, 0) is 0 Å². The summed E-state index contributed by atoms with van der Waals surface area (Å²) in [6.07, 6.45) is 5.49. The Labute approximate surface area is 186 Å². The number of halogens is 2. The normalized spacial score (nSPS) is 17.4. The molecule has 0 atom stereocenters. The number of piperidine rings is 1. The number of hydrogen-bond acceptors (Lipinski definition) is 6. The number of hydrogen-bond donors (Lipinski definition) is 1. The first-order valence-corrected chi connectivity index (χ1v) is 10.4. The second kappa shape index (κ2) is 10.4. The van der Waals surface area contributed by atoms with E-state index in [9.17, 15) is 9.59 Å². The van der Waals surface area contributed by atoms with E-state index in [1.807, 2.05) is 24.6 Å². The molecule has 0 radical (unpaired) electrons. The summed E-state index contributed by atoms with van der Waals surface area (Å²) in [5.41, 5.74) is 0.950. The largest absolute Gasteiger partial charge is 0.345 e. The minimum atomic E-state index is -0.144. The average Bonchev–Trinajstić information content (AvgIpc) is 3.24. The van der Waals surface area contributed by atoms with Gasteiger partial charge in [-0.25, -0.2) is 4.98 Å². The number of carbonyl (C=O) groups is 1. The van der Waals surface area contributed by atoms with Crippen LogP contribution in [0.25, 0.3) is 0 Å². The van der Waals surface area contributed by atoms with E-state index >= 15 is 0 Å². The molecule has 1 N–H and O–H groups in total. The monoisotopic (exact) mass is 459 g/mol. The molecule has 2 aromatic rings. The van der Waals surface area contributed by atoms with Crippen LogP contribution in [0.15, 0.2) is 28.6 Å². The van der Waals surface area contributed by atoms with Crippen molar-refractivity contribution in [1.82, 2.24) is 19.8 Å². The number of nitrogens with zero attached hydrogens (tertiary/aromatic N) is 4. The molecule has 2 aliphatic rings. The van der Waals surface area contributed by atoms with Crippen molar-refractivity contribution in [2.24, 2.45) is 0 Å². The van der Waals surface area contributed by atoms with Gasteiger partial charge in [0.25, 0.3) is 11.5 Å². The summed E-state index contributed by atoms with van der Waals surface area (Å²) in [6, 6.07) is 2.08. The molecular formula is C19H27Cl2N5O2S. The first kappa shape index (κ1) is 23.7. The van der Waals surface area contributed by atoms with Gasteiger partial charge in [-0.15, -0.1) is 36.2 Å². The van der Waals surface area contributed by atoms with Gasteiger partial charge < -0.3 is 19.7 Å². The van der Waals surface area contributed by atoms with Crippen molar-refractivity contribution in [3.63, 3.8) is 0 Å². The third-order valence-electron chi connectivity index (χ3n) is 5.50. The topological polar surface area (TPSA) is 70.5 Å². The number of anilines is 1. The van der Waals surface area contributed by atoms with Crippen molar-refractivity contribution in [3.05, 3.63) is 45.3 Å². The number of rotatable bonds is 3. The van der Waals surface area contributed by atoms with E-state index in [0.29, 0.717) is 18.7 Å². The zero-order chi connectivity index (χ0) is 18.8. The van der Waals surface area contributed by atoms with E-state index in [4.69, 9.17) is 0 Å². The second-order valence-electron chi connectivity index (χ2n) is 7.16. The summed E-state index contributed by atoms with van der Waals surface area (Å²) >= 11 is 1.61.